The molecule has 0 aliphatic heterocycles. The van der Waals surface area contributed by atoms with Crippen molar-refractivity contribution in [2.45, 2.75) is 123 Å². The monoisotopic (exact) mass is 440 g/mol. The van der Waals surface area contributed by atoms with E-state index in [0.29, 0.717) is 12.0 Å². The molecule has 2 aliphatic rings. The van der Waals surface area contributed by atoms with Crippen LogP contribution in [0.2, 0.25) is 36.3 Å². The summed E-state index contributed by atoms with van der Waals surface area (Å²) in [6.07, 6.45) is 6.04. The Kier molecular flexibility index (Phi) is 9.97. The van der Waals surface area contributed by atoms with Crippen molar-refractivity contribution in [2.75, 3.05) is 6.61 Å². The molecule has 0 aromatic rings. The second-order valence-electron chi connectivity index (χ2n) is 10.5. The number of hydrogen-bond donors (Lipinski definition) is 0. The second kappa shape index (κ2) is 11.3. The summed E-state index contributed by atoms with van der Waals surface area (Å²) in [6.45, 7) is 20.2. The van der Waals surface area contributed by atoms with Gasteiger partial charge < -0.3 is 8.85 Å². The molecule has 6 atom stereocenters. The minimum absolute atomic E-state index is 0.552. The van der Waals surface area contributed by atoms with Crippen LogP contribution in [-0.4, -0.2) is 29.3 Å². The maximum Gasteiger partial charge on any atom is 0.192 e. The Bertz CT molecular complexity index is 459. The lowest BCUT2D eigenvalue weighted by molar-refractivity contribution is 0.00751. The predicted molar refractivity (Wildman–Crippen MR) is 132 cm³/mol. The first-order valence-corrected chi connectivity index (χ1v) is 18.2. The van der Waals surface area contributed by atoms with E-state index >= 15 is 0 Å². The van der Waals surface area contributed by atoms with Gasteiger partial charge in [0.1, 0.15) is 0 Å². The van der Waals surface area contributed by atoms with Crippen LogP contribution in [0.5, 0.6) is 0 Å². The van der Waals surface area contributed by atoms with E-state index in [-0.39, 0.29) is 0 Å². The molecular formula is C25H52O2Si2. The molecule has 4 heteroatoms. The molecule has 2 aliphatic carbocycles. The Morgan fingerprint density at radius 2 is 1.31 bits per heavy atom. The number of rotatable bonds is 12. The molecule has 0 aromatic carbocycles. The van der Waals surface area contributed by atoms with E-state index in [1.807, 2.05) is 0 Å². The van der Waals surface area contributed by atoms with Crippen molar-refractivity contribution in [3.05, 3.63) is 0 Å². The zero-order chi connectivity index (χ0) is 21.7. The van der Waals surface area contributed by atoms with Crippen LogP contribution in [0, 0.1) is 29.6 Å². The van der Waals surface area contributed by atoms with Gasteiger partial charge in [0.05, 0.1) is 0 Å². The first kappa shape index (κ1) is 25.6. The van der Waals surface area contributed by atoms with Gasteiger partial charge in [-0.15, -0.1) is 0 Å². The summed E-state index contributed by atoms with van der Waals surface area (Å²) < 4.78 is 13.8. The van der Waals surface area contributed by atoms with Crippen LogP contribution in [0.4, 0.5) is 0 Å². The third-order valence-electron chi connectivity index (χ3n) is 9.51. The third-order valence-corrected chi connectivity index (χ3v) is 18.8. The number of fused-ring (bicyclic) bond motifs is 1. The molecule has 0 radical (unpaired) electrons. The summed E-state index contributed by atoms with van der Waals surface area (Å²) in [5, 5.41) is 0. The fourth-order valence-corrected chi connectivity index (χ4v) is 12.5. The molecule has 0 amide bonds. The molecule has 0 N–H and O–H groups in total. The van der Waals surface area contributed by atoms with Crippen LogP contribution in [-0.2, 0) is 8.85 Å². The fraction of sp³-hybridized carbons (Fsp3) is 1.00. The maximum absolute atomic E-state index is 7.10. The van der Waals surface area contributed by atoms with Gasteiger partial charge in [-0.25, -0.2) is 0 Å². The minimum atomic E-state index is -1.51. The highest BCUT2D eigenvalue weighted by molar-refractivity contribution is 6.74. The SMILES string of the molecule is CC[Si](CC)(CC)OCC(C)C1CCC2C(O[Si](CC)(CC)CC)CC[C@H](C)C12. The highest BCUT2D eigenvalue weighted by Crippen LogP contribution is 2.53. The average Bonchev–Trinajstić information content (AvgIpc) is 3.21. The summed E-state index contributed by atoms with van der Waals surface area (Å²) >= 11 is 0. The maximum atomic E-state index is 7.10. The second-order valence-corrected chi connectivity index (χ2v) is 20.0. The van der Waals surface area contributed by atoms with Crippen LogP contribution in [0.3, 0.4) is 0 Å². The molecular weight excluding hydrogens is 388 g/mol. The van der Waals surface area contributed by atoms with E-state index in [2.05, 4.69) is 55.4 Å². The third kappa shape index (κ3) is 5.59. The summed E-state index contributed by atoms with van der Waals surface area (Å²) in [5.74, 6) is 4.09. The van der Waals surface area contributed by atoms with Crippen molar-refractivity contribution in [1.29, 1.82) is 0 Å². The van der Waals surface area contributed by atoms with Crippen molar-refractivity contribution in [3.8, 4) is 0 Å². The van der Waals surface area contributed by atoms with Gasteiger partial charge in [0, 0.05) is 12.7 Å². The summed E-state index contributed by atoms with van der Waals surface area (Å²) in [5.41, 5.74) is 0. The van der Waals surface area contributed by atoms with E-state index < -0.39 is 16.6 Å². The Labute approximate surface area is 185 Å². The molecule has 29 heavy (non-hydrogen) atoms. The molecule has 0 spiro atoms. The van der Waals surface area contributed by atoms with Crippen LogP contribution in [0.1, 0.15) is 81.1 Å². The summed E-state index contributed by atoms with van der Waals surface area (Å²) in [7, 11) is -2.98. The van der Waals surface area contributed by atoms with Crippen molar-refractivity contribution in [3.63, 3.8) is 0 Å². The van der Waals surface area contributed by atoms with Crippen LogP contribution < -0.4 is 0 Å². The topological polar surface area (TPSA) is 18.5 Å². The van der Waals surface area contributed by atoms with Gasteiger partial charge in [-0.2, -0.15) is 0 Å². The van der Waals surface area contributed by atoms with Crippen molar-refractivity contribution in [2.24, 2.45) is 29.6 Å². The fourth-order valence-electron chi connectivity index (χ4n) is 6.82. The minimum Gasteiger partial charge on any atom is -0.417 e. The molecule has 0 heterocycles. The van der Waals surface area contributed by atoms with Gasteiger partial charge in [0.15, 0.2) is 16.6 Å². The lowest BCUT2D eigenvalue weighted by Gasteiger charge is -2.45. The van der Waals surface area contributed by atoms with Crippen molar-refractivity contribution >= 4 is 16.6 Å². The van der Waals surface area contributed by atoms with E-state index in [9.17, 15) is 0 Å². The molecule has 172 valence electrons. The quantitative estimate of drug-likeness (QED) is 0.285. The van der Waals surface area contributed by atoms with Crippen LogP contribution in [0.15, 0.2) is 0 Å². The molecule has 5 unspecified atom stereocenters. The van der Waals surface area contributed by atoms with Gasteiger partial charge in [0.25, 0.3) is 0 Å². The van der Waals surface area contributed by atoms with Gasteiger partial charge in [0.2, 0.25) is 0 Å². The molecule has 0 saturated heterocycles. The zero-order valence-corrected chi connectivity index (χ0v) is 23.1. The molecule has 2 saturated carbocycles. The lowest BCUT2D eigenvalue weighted by atomic mass is 9.68. The van der Waals surface area contributed by atoms with E-state index in [1.54, 1.807) is 0 Å². The largest absolute Gasteiger partial charge is 0.417 e. The first-order chi connectivity index (χ1) is 13.8. The van der Waals surface area contributed by atoms with Gasteiger partial charge >= 0.3 is 0 Å². The Morgan fingerprint density at radius 1 is 0.759 bits per heavy atom. The number of hydrogen-bond acceptors (Lipinski definition) is 2. The first-order valence-electron chi connectivity index (χ1n) is 13.2. The standard InChI is InChI=1S/C25H52O2Si2/c1-9-28(10-2,11-3)26-19-21(8)22-16-17-23-24(18-15-20(7)25(22)23)27-29(12-4,13-5)14-6/h20-25H,9-19H2,1-8H3/t20-,21?,22?,23?,24?,25?/m0/s1. The summed E-state index contributed by atoms with van der Waals surface area (Å²) in [4.78, 5) is 0. The normalized spacial score (nSPS) is 31.7. The molecule has 2 fully saturated rings. The smallest absolute Gasteiger partial charge is 0.192 e. The Hall–Kier alpha value is 0.354. The van der Waals surface area contributed by atoms with Crippen molar-refractivity contribution in [1.82, 2.24) is 0 Å². The molecule has 0 bridgehead atoms. The average molecular weight is 441 g/mol. The van der Waals surface area contributed by atoms with E-state index in [4.69, 9.17) is 8.85 Å². The molecule has 0 aromatic heterocycles. The van der Waals surface area contributed by atoms with E-state index in [1.165, 1.54) is 61.9 Å². The zero-order valence-electron chi connectivity index (χ0n) is 21.1. The molecule has 2 nitrogen and oxygen atoms in total. The van der Waals surface area contributed by atoms with Gasteiger partial charge in [-0.3, -0.25) is 0 Å². The van der Waals surface area contributed by atoms with Crippen LogP contribution >= 0.6 is 0 Å². The molecule has 2 rings (SSSR count). The highest BCUT2D eigenvalue weighted by Gasteiger charge is 2.49. The van der Waals surface area contributed by atoms with Crippen LogP contribution in [0.25, 0.3) is 0 Å². The Morgan fingerprint density at radius 3 is 1.83 bits per heavy atom. The predicted octanol–water partition coefficient (Wildman–Crippen LogP) is 8.11. The van der Waals surface area contributed by atoms with Crippen molar-refractivity contribution < 1.29 is 8.85 Å². The van der Waals surface area contributed by atoms with Gasteiger partial charge in [-0.05, 0) is 91.5 Å². The lowest BCUT2D eigenvalue weighted by Crippen LogP contribution is -2.47. The van der Waals surface area contributed by atoms with Gasteiger partial charge in [-0.1, -0.05) is 55.4 Å². The Balaban J connectivity index is 2.06. The highest BCUT2D eigenvalue weighted by atomic mass is 28.4. The summed E-state index contributed by atoms with van der Waals surface area (Å²) in [6, 6.07) is 7.67. The van der Waals surface area contributed by atoms with E-state index in [0.717, 1.165) is 30.3 Å².